The molecule has 0 spiro atoms. The van der Waals surface area contributed by atoms with Gasteiger partial charge >= 0.3 is 0 Å². The Labute approximate surface area is 160 Å². The molecule has 5 nitrogen and oxygen atoms in total. The third-order valence-corrected chi connectivity index (χ3v) is 4.94. The highest BCUT2D eigenvalue weighted by molar-refractivity contribution is 8.18. The predicted molar refractivity (Wildman–Crippen MR) is 108 cm³/mol. The van der Waals surface area contributed by atoms with E-state index in [9.17, 15) is 9.59 Å². The monoisotopic (exact) mass is 376 g/mol. The number of nitrogens with one attached hydrogen (secondary N) is 1. The van der Waals surface area contributed by atoms with Gasteiger partial charge in [0, 0.05) is 5.69 Å². The van der Waals surface area contributed by atoms with Crippen LogP contribution in [0.15, 0.2) is 65.6 Å². The summed E-state index contributed by atoms with van der Waals surface area (Å²) < 4.78 is 5.86. The molecule has 0 radical (unpaired) electrons. The van der Waals surface area contributed by atoms with Crippen LogP contribution in [-0.2, 0) is 11.4 Å². The van der Waals surface area contributed by atoms with Gasteiger partial charge in [-0.2, -0.15) is 0 Å². The Kier molecular flexibility index (Phi) is 4.56. The molecule has 2 amide bonds. The largest absolute Gasteiger partial charge is 0.489 e. The highest BCUT2D eigenvalue weighted by Gasteiger charge is 2.24. The molecule has 1 aliphatic heterocycles. The summed E-state index contributed by atoms with van der Waals surface area (Å²) >= 11 is 0.914. The third kappa shape index (κ3) is 3.96. The molecule has 3 N–H and O–H groups in total. The van der Waals surface area contributed by atoms with E-state index in [1.807, 2.05) is 60.7 Å². The zero-order chi connectivity index (χ0) is 18.8. The first-order chi connectivity index (χ1) is 13.1. The molecule has 27 heavy (non-hydrogen) atoms. The van der Waals surface area contributed by atoms with E-state index in [0.717, 1.165) is 39.4 Å². The standard InChI is InChI=1S/C21H16N2O3S/c22-17-3-1-2-14(9-17)12-26-18-7-6-15-8-13(4-5-16(15)11-18)10-19-20(24)23-21(25)27-19/h1-11H,12,22H2,(H,23,24,25). The highest BCUT2D eigenvalue weighted by atomic mass is 32.2. The van der Waals surface area contributed by atoms with Crippen molar-refractivity contribution in [3.05, 3.63) is 76.7 Å². The number of ether oxygens (including phenoxy) is 1. The lowest BCUT2D eigenvalue weighted by Crippen LogP contribution is -2.17. The summed E-state index contributed by atoms with van der Waals surface area (Å²) in [5, 5.41) is 3.97. The molecule has 0 atom stereocenters. The predicted octanol–water partition coefficient (Wildman–Crippen LogP) is 4.32. The van der Waals surface area contributed by atoms with E-state index in [1.54, 1.807) is 6.08 Å². The first kappa shape index (κ1) is 17.2. The van der Waals surface area contributed by atoms with E-state index >= 15 is 0 Å². The molecular weight excluding hydrogens is 360 g/mol. The molecule has 1 fully saturated rings. The summed E-state index contributed by atoms with van der Waals surface area (Å²) in [5.41, 5.74) is 8.38. The van der Waals surface area contributed by atoms with E-state index in [0.29, 0.717) is 17.2 Å². The molecular formula is C21H16N2O3S. The number of fused-ring (bicyclic) bond motifs is 1. The number of anilines is 1. The van der Waals surface area contributed by atoms with Crippen molar-refractivity contribution in [3.8, 4) is 5.75 Å². The second kappa shape index (κ2) is 7.17. The van der Waals surface area contributed by atoms with Crippen molar-refractivity contribution in [1.29, 1.82) is 0 Å². The van der Waals surface area contributed by atoms with Gasteiger partial charge in [-0.05, 0) is 70.1 Å². The van der Waals surface area contributed by atoms with Gasteiger partial charge in [-0.25, -0.2) is 0 Å². The quantitative estimate of drug-likeness (QED) is 0.523. The molecule has 1 aliphatic rings. The Balaban J connectivity index is 1.53. The van der Waals surface area contributed by atoms with E-state index in [1.165, 1.54) is 0 Å². The molecule has 1 saturated heterocycles. The minimum atomic E-state index is -0.351. The minimum absolute atomic E-state index is 0.339. The first-order valence-electron chi connectivity index (χ1n) is 8.33. The van der Waals surface area contributed by atoms with Gasteiger partial charge in [-0.3, -0.25) is 14.9 Å². The minimum Gasteiger partial charge on any atom is -0.489 e. The van der Waals surface area contributed by atoms with Crippen LogP contribution in [0, 0.1) is 0 Å². The number of carbonyl (C=O) groups excluding carboxylic acids is 2. The van der Waals surface area contributed by atoms with Crippen LogP contribution in [0.3, 0.4) is 0 Å². The van der Waals surface area contributed by atoms with Gasteiger partial charge in [0.15, 0.2) is 0 Å². The van der Waals surface area contributed by atoms with Crippen molar-refractivity contribution in [3.63, 3.8) is 0 Å². The summed E-state index contributed by atoms with van der Waals surface area (Å²) in [6.07, 6.45) is 1.72. The second-order valence-corrected chi connectivity index (χ2v) is 7.17. The molecule has 6 heteroatoms. The van der Waals surface area contributed by atoms with Crippen LogP contribution >= 0.6 is 11.8 Å². The summed E-state index contributed by atoms with van der Waals surface area (Å²) in [5.74, 6) is 0.419. The van der Waals surface area contributed by atoms with Crippen LogP contribution in [0.4, 0.5) is 10.5 Å². The number of hydrogen-bond acceptors (Lipinski definition) is 5. The number of amides is 2. The SMILES string of the molecule is Nc1cccc(COc2ccc3cc(C=C4SC(=O)NC4=O)ccc3c2)c1. The van der Waals surface area contributed by atoms with Crippen LogP contribution in [0.2, 0.25) is 0 Å². The number of imide groups is 1. The summed E-state index contributed by atoms with van der Waals surface area (Å²) in [7, 11) is 0. The van der Waals surface area contributed by atoms with E-state index in [4.69, 9.17) is 10.5 Å². The number of carbonyl (C=O) groups is 2. The molecule has 3 aromatic rings. The van der Waals surface area contributed by atoms with Gasteiger partial charge in [-0.15, -0.1) is 0 Å². The molecule has 0 unspecified atom stereocenters. The maximum absolute atomic E-state index is 11.7. The Morgan fingerprint density at radius 1 is 1.00 bits per heavy atom. The van der Waals surface area contributed by atoms with E-state index in [2.05, 4.69) is 5.32 Å². The van der Waals surface area contributed by atoms with Crippen molar-refractivity contribution in [2.45, 2.75) is 6.61 Å². The van der Waals surface area contributed by atoms with Crippen molar-refractivity contribution >= 4 is 45.4 Å². The molecule has 134 valence electrons. The molecule has 1 heterocycles. The fourth-order valence-electron chi connectivity index (χ4n) is 2.84. The lowest BCUT2D eigenvalue weighted by molar-refractivity contribution is -0.115. The van der Waals surface area contributed by atoms with Gasteiger partial charge in [0.2, 0.25) is 0 Å². The number of hydrogen-bond donors (Lipinski definition) is 2. The van der Waals surface area contributed by atoms with Gasteiger partial charge in [0.25, 0.3) is 11.1 Å². The Morgan fingerprint density at radius 2 is 1.81 bits per heavy atom. The summed E-state index contributed by atoms with van der Waals surface area (Å²) in [6, 6.07) is 19.3. The lowest BCUT2D eigenvalue weighted by Gasteiger charge is -2.08. The maximum atomic E-state index is 11.7. The van der Waals surface area contributed by atoms with Gasteiger partial charge in [0.05, 0.1) is 4.91 Å². The third-order valence-electron chi connectivity index (χ3n) is 4.13. The fourth-order valence-corrected chi connectivity index (χ4v) is 3.53. The van der Waals surface area contributed by atoms with Gasteiger partial charge in [-0.1, -0.05) is 30.3 Å². The number of rotatable bonds is 4. The van der Waals surface area contributed by atoms with Crippen molar-refractivity contribution < 1.29 is 14.3 Å². The smallest absolute Gasteiger partial charge is 0.290 e. The molecule has 0 aromatic heterocycles. The maximum Gasteiger partial charge on any atom is 0.290 e. The Morgan fingerprint density at radius 3 is 2.59 bits per heavy atom. The van der Waals surface area contributed by atoms with Crippen LogP contribution < -0.4 is 15.8 Å². The topological polar surface area (TPSA) is 81.4 Å². The van der Waals surface area contributed by atoms with Crippen molar-refractivity contribution in [2.75, 3.05) is 5.73 Å². The van der Waals surface area contributed by atoms with Crippen molar-refractivity contribution in [1.82, 2.24) is 5.32 Å². The molecule has 0 aliphatic carbocycles. The number of benzene rings is 3. The van der Waals surface area contributed by atoms with E-state index in [-0.39, 0.29) is 11.1 Å². The summed E-state index contributed by atoms with van der Waals surface area (Å²) in [6.45, 7) is 0.446. The lowest BCUT2D eigenvalue weighted by atomic mass is 10.1. The molecule has 3 aromatic carbocycles. The Bertz CT molecular complexity index is 1090. The average molecular weight is 376 g/mol. The highest BCUT2D eigenvalue weighted by Crippen LogP contribution is 2.28. The zero-order valence-electron chi connectivity index (χ0n) is 14.3. The van der Waals surface area contributed by atoms with Crippen LogP contribution in [-0.4, -0.2) is 11.1 Å². The molecule has 4 rings (SSSR count). The normalized spacial score (nSPS) is 15.3. The van der Waals surface area contributed by atoms with Crippen LogP contribution in [0.1, 0.15) is 11.1 Å². The number of thioether (sulfide) groups is 1. The van der Waals surface area contributed by atoms with Crippen LogP contribution in [0.25, 0.3) is 16.8 Å². The summed E-state index contributed by atoms with van der Waals surface area (Å²) in [4.78, 5) is 23.3. The van der Waals surface area contributed by atoms with E-state index < -0.39 is 0 Å². The number of nitrogens with two attached hydrogens (primary N) is 1. The first-order valence-corrected chi connectivity index (χ1v) is 9.14. The zero-order valence-corrected chi connectivity index (χ0v) is 15.1. The average Bonchev–Trinajstić information content (AvgIpc) is 2.97. The fraction of sp³-hybridized carbons (Fsp3) is 0.0476. The van der Waals surface area contributed by atoms with Crippen LogP contribution in [0.5, 0.6) is 5.75 Å². The van der Waals surface area contributed by atoms with Gasteiger partial charge < -0.3 is 10.5 Å². The molecule has 0 saturated carbocycles. The van der Waals surface area contributed by atoms with Gasteiger partial charge in [0.1, 0.15) is 12.4 Å². The Hall–Kier alpha value is -3.25. The molecule has 0 bridgehead atoms. The second-order valence-electron chi connectivity index (χ2n) is 6.15. The van der Waals surface area contributed by atoms with Crippen molar-refractivity contribution in [2.24, 2.45) is 0 Å². The number of nitrogen functional groups attached to an aromatic ring is 1.